The number of benzene rings is 1. The SMILES string of the molecule is CCCNC(c1ccc(Br)c(C)c1)c1occc1Br. The molecule has 4 heteroatoms. The monoisotopic (exact) mass is 385 g/mol. The van der Waals surface area contributed by atoms with Gasteiger partial charge in [-0.1, -0.05) is 35.0 Å². The number of hydrogen-bond acceptors (Lipinski definition) is 2. The van der Waals surface area contributed by atoms with Crippen LogP contribution in [0, 0.1) is 6.92 Å². The average molecular weight is 387 g/mol. The minimum atomic E-state index is 0.0797. The molecule has 0 aliphatic rings. The largest absolute Gasteiger partial charge is 0.466 e. The maximum Gasteiger partial charge on any atom is 0.139 e. The third-order valence-electron chi connectivity index (χ3n) is 3.02. The first-order valence-corrected chi connectivity index (χ1v) is 7.94. The fourth-order valence-electron chi connectivity index (χ4n) is 2.01. The van der Waals surface area contributed by atoms with Crippen molar-refractivity contribution in [3.63, 3.8) is 0 Å². The Morgan fingerprint density at radius 1 is 1.21 bits per heavy atom. The van der Waals surface area contributed by atoms with Crippen LogP contribution < -0.4 is 5.32 Å². The molecular formula is C15H17Br2NO. The van der Waals surface area contributed by atoms with Gasteiger partial charge in [0.05, 0.1) is 16.8 Å². The molecule has 0 amide bonds. The lowest BCUT2D eigenvalue weighted by Crippen LogP contribution is -2.23. The second-order valence-corrected chi connectivity index (χ2v) is 6.24. The van der Waals surface area contributed by atoms with Crippen molar-refractivity contribution in [1.29, 1.82) is 0 Å². The van der Waals surface area contributed by atoms with Crippen LogP contribution in [0.5, 0.6) is 0 Å². The van der Waals surface area contributed by atoms with Crippen molar-refractivity contribution < 1.29 is 4.42 Å². The molecule has 0 radical (unpaired) electrons. The maximum atomic E-state index is 5.63. The molecule has 2 nitrogen and oxygen atoms in total. The standard InChI is InChI=1S/C15H17Br2NO/c1-3-7-18-14(15-13(17)6-8-19-15)11-4-5-12(16)10(2)9-11/h4-6,8-9,14,18H,3,7H2,1-2H3. The van der Waals surface area contributed by atoms with Gasteiger partial charge < -0.3 is 9.73 Å². The molecule has 0 aliphatic carbocycles. The van der Waals surface area contributed by atoms with E-state index in [0.29, 0.717) is 0 Å². The second kappa shape index (κ2) is 6.73. The average Bonchev–Trinajstić information content (AvgIpc) is 2.80. The molecule has 1 unspecified atom stereocenters. The van der Waals surface area contributed by atoms with Crippen molar-refractivity contribution in [1.82, 2.24) is 5.32 Å². The molecule has 0 saturated carbocycles. The van der Waals surface area contributed by atoms with E-state index in [0.717, 1.165) is 27.7 Å². The Morgan fingerprint density at radius 3 is 2.58 bits per heavy atom. The highest BCUT2D eigenvalue weighted by atomic mass is 79.9. The van der Waals surface area contributed by atoms with E-state index < -0.39 is 0 Å². The van der Waals surface area contributed by atoms with Crippen LogP contribution >= 0.6 is 31.9 Å². The van der Waals surface area contributed by atoms with Gasteiger partial charge in [0, 0.05) is 4.47 Å². The maximum absolute atomic E-state index is 5.63. The molecule has 0 spiro atoms. The quantitative estimate of drug-likeness (QED) is 0.763. The summed E-state index contributed by atoms with van der Waals surface area (Å²) in [5.41, 5.74) is 2.44. The first-order chi connectivity index (χ1) is 9.13. The molecule has 0 aliphatic heterocycles. The summed E-state index contributed by atoms with van der Waals surface area (Å²) >= 11 is 7.09. The van der Waals surface area contributed by atoms with E-state index in [-0.39, 0.29) is 6.04 Å². The molecule has 1 N–H and O–H groups in total. The smallest absolute Gasteiger partial charge is 0.139 e. The molecule has 19 heavy (non-hydrogen) atoms. The molecule has 1 atom stereocenters. The number of halogens is 2. The lowest BCUT2D eigenvalue weighted by atomic mass is 10.0. The third kappa shape index (κ3) is 3.50. The Bertz CT molecular complexity index is 551. The van der Waals surface area contributed by atoms with Crippen molar-refractivity contribution in [2.24, 2.45) is 0 Å². The highest BCUT2D eigenvalue weighted by Gasteiger charge is 2.19. The summed E-state index contributed by atoms with van der Waals surface area (Å²) in [6.07, 6.45) is 2.80. The highest BCUT2D eigenvalue weighted by Crippen LogP contribution is 2.31. The lowest BCUT2D eigenvalue weighted by molar-refractivity contribution is 0.444. The Morgan fingerprint density at radius 2 is 2.00 bits per heavy atom. The second-order valence-electron chi connectivity index (χ2n) is 4.53. The number of hydrogen-bond donors (Lipinski definition) is 1. The summed E-state index contributed by atoms with van der Waals surface area (Å²) in [5.74, 6) is 0.926. The van der Waals surface area contributed by atoms with Crippen molar-refractivity contribution in [3.8, 4) is 0 Å². The van der Waals surface area contributed by atoms with Crippen LogP contribution in [0.3, 0.4) is 0 Å². The number of aryl methyl sites for hydroxylation is 1. The molecule has 1 aromatic heterocycles. The fourth-order valence-corrected chi connectivity index (χ4v) is 2.69. The van der Waals surface area contributed by atoms with Crippen LogP contribution in [0.15, 0.2) is 43.9 Å². The Labute approximate surface area is 130 Å². The minimum Gasteiger partial charge on any atom is -0.466 e. The Hall–Kier alpha value is -0.580. The van der Waals surface area contributed by atoms with E-state index in [9.17, 15) is 0 Å². The zero-order chi connectivity index (χ0) is 13.8. The van der Waals surface area contributed by atoms with E-state index >= 15 is 0 Å². The summed E-state index contributed by atoms with van der Waals surface area (Å²) in [6, 6.07) is 8.41. The molecule has 1 aromatic carbocycles. The number of nitrogens with one attached hydrogen (secondary N) is 1. The van der Waals surface area contributed by atoms with Gasteiger partial charge in [-0.25, -0.2) is 0 Å². The zero-order valence-corrected chi connectivity index (χ0v) is 14.2. The summed E-state index contributed by atoms with van der Waals surface area (Å²) in [7, 11) is 0. The van der Waals surface area contributed by atoms with Gasteiger partial charge >= 0.3 is 0 Å². The van der Waals surface area contributed by atoms with E-state index in [1.54, 1.807) is 6.26 Å². The minimum absolute atomic E-state index is 0.0797. The number of rotatable bonds is 5. The van der Waals surface area contributed by atoms with Gasteiger partial charge in [0.1, 0.15) is 5.76 Å². The summed E-state index contributed by atoms with van der Waals surface area (Å²) in [4.78, 5) is 0. The van der Waals surface area contributed by atoms with Crippen LogP contribution in [0.25, 0.3) is 0 Å². The van der Waals surface area contributed by atoms with E-state index in [4.69, 9.17) is 4.42 Å². The fraction of sp³-hybridized carbons (Fsp3) is 0.333. The first-order valence-electron chi connectivity index (χ1n) is 6.35. The van der Waals surface area contributed by atoms with E-state index in [1.807, 2.05) is 6.07 Å². The molecule has 2 rings (SSSR count). The Kier molecular flexibility index (Phi) is 5.25. The van der Waals surface area contributed by atoms with Crippen LogP contribution in [0.4, 0.5) is 0 Å². The molecular weight excluding hydrogens is 370 g/mol. The van der Waals surface area contributed by atoms with Crippen molar-refractivity contribution in [2.45, 2.75) is 26.3 Å². The van der Waals surface area contributed by atoms with Crippen LogP contribution in [0.2, 0.25) is 0 Å². The predicted molar refractivity (Wildman–Crippen MR) is 85.4 cm³/mol. The Balaban J connectivity index is 2.37. The van der Waals surface area contributed by atoms with Gasteiger partial charge in [-0.15, -0.1) is 0 Å². The molecule has 0 bridgehead atoms. The van der Waals surface area contributed by atoms with Crippen LogP contribution in [0.1, 0.15) is 36.3 Å². The molecule has 0 fully saturated rings. The lowest BCUT2D eigenvalue weighted by Gasteiger charge is -2.18. The van der Waals surface area contributed by atoms with Crippen molar-refractivity contribution >= 4 is 31.9 Å². The third-order valence-corrected chi connectivity index (χ3v) is 4.57. The van der Waals surface area contributed by atoms with Gasteiger partial charge in [0.15, 0.2) is 0 Å². The first kappa shape index (κ1) is 14.8. The summed E-state index contributed by atoms with van der Waals surface area (Å²) in [6.45, 7) is 5.21. The molecule has 2 aromatic rings. The zero-order valence-electron chi connectivity index (χ0n) is 11.0. The van der Waals surface area contributed by atoms with Gasteiger partial charge in [-0.2, -0.15) is 0 Å². The van der Waals surface area contributed by atoms with Gasteiger partial charge in [0.25, 0.3) is 0 Å². The van der Waals surface area contributed by atoms with Gasteiger partial charge in [-0.3, -0.25) is 0 Å². The van der Waals surface area contributed by atoms with Crippen LogP contribution in [-0.2, 0) is 0 Å². The highest BCUT2D eigenvalue weighted by molar-refractivity contribution is 9.10. The summed E-state index contributed by atoms with van der Waals surface area (Å²) < 4.78 is 7.76. The summed E-state index contributed by atoms with van der Waals surface area (Å²) in [5, 5.41) is 3.54. The number of furan rings is 1. The van der Waals surface area contributed by atoms with Crippen molar-refractivity contribution in [3.05, 3.63) is 56.4 Å². The van der Waals surface area contributed by atoms with Gasteiger partial charge in [0.2, 0.25) is 0 Å². The van der Waals surface area contributed by atoms with Gasteiger partial charge in [-0.05, 0) is 59.1 Å². The molecule has 1 heterocycles. The van der Waals surface area contributed by atoms with Crippen molar-refractivity contribution in [2.75, 3.05) is 6.54 Å². The molecule has 0 saturated heterocycles. The predicted octanol–water partition coefficient (Wildman–Crippen LogP) is 5.20. The normalized spacial score (nSPS) is 12.6. The van der Waals surface area contributed by atoms with Crippen LogP contribution in [-0.4, -0.2) is 6.54 Å². The topological polar surface area (TPSA) is 25.2 Å². The van der Waals surface area contributed by atoms with E-state index in [2.05, 4.69) is 69.2 Å². The molecule has 102 valence electrons. The van der Waals surface area contributed by atoms with E-state index in [1.165, 1.54) is 11.1 Å².